The van der Waals surface area contributed by atoms with Gasteiger partial charge in [-0.05, 0) is 20.8 Å². The zero-order chi connectivity index (χ0) is 18.2. The smallest absolute Gasteiger partial charge is 0.191 e. The van der Waals surface area contributed by atoms with E-state index in [2.05, 4.69) is 20.7 Å². The van der Waals surface area contributed by atoms with Crippen LogP contribution in [0.5, 0.6) is 0 Å². The first kappa shape index (κ1) is 24.1. The molecule has 0 saturated carbocycles. The monoisotopic (exact) mass is 487 g/mol. The van der Waals surface area contributed by atoms with Crippen LogP contribution in [0.2, 0.25) is 0 Å². The predicted octanol–water partition coefficient (Wildman–Crippen LogP) is 0.771. The summed E-state index contributed by atoms with van der Waals surface area (Å²) in [5.74, 6) is 0.743. The molecule has 10 heteroatoms. The number of sulfone groups is 1. The normalized spacial score (nSPS) is 12.0. The Labute approximate surface area is 167 Å². The Morgan fingerprint density at radius 2 is 1.96 bits per heavy atom. The van der Waals surface area contributed by atoms with E-state index in [1.54, 1.807) is 0 Å². The fourth-order valence-electron chi connectivity index (χ4n) is 2.10. The van der Waals surface area contributed by atoms with E-state index >= 15 is 0 Å². The molecular formula is C15H30IN5O3S. The van der Waals surface area contributed by atoms with Crippen LogP contribution >= 0.6 is 24.0 Å². The molecule has 0 spiro atoms. The molecule has 25 heavy (non-hydrogen) atoms. The summed E-state index contributed by atoms with van der Waals surface area (Å²) in [5, 5.41) is 10.7. The first-order valence-corrected chi connectivity index (χ1v) is 10.1. The van der Waals surface area contributed by atoms with Crippen molar-refractivity contribution in [3.63, 3.8) is 0 Å². The van der Waals surface area contributed by atoms with Crippen molar-refractivity contribution in [1.29, 1.82) is 0 Å². The number of ether oxygens (including phenoxy) is 1. The molecule has 0 amide bonds. The number of guanidine groups is 1. The van der Waals surface area contributed by atoms with Crippen molar-refractivity contribution in [2.24, 2.45) is 12.0 Å². The van der Waals surface area contributed by atoms with Crippen molar-refractivity contribution in [2.45, 2.75) is 27.3 Å². The van der Waals surface area contributed by atoms with Gasteiger partial charge in [-0.3, -0.25) is 4.68 Å². The molecule has 2 N–H and O–H groups in total. The van der Waals surface area contributed by atoms with Gasteiger partial charge in [0.15, 0.2) is 5.96 Å². The second kappa shape index (κ2) is 11.7. The summed E-state index contributed by atoms with van der Waals surface area (Å²) in [5.41, 5.74) is 3.22. The lowest BCUT2D eigenvalue weighted by Gasteiger charge is -2.11. The minimum atomic E-state index is -2.97. The van der Waals surface area contributed by atoms with Crippen molar-refractivity contribution < 1.29 is 13.2 Å². The van der Waals surface area contributed by atoms with E-state index in [1.807, 2.05) is 32.5 Å². The number of nitrogens with zero attached hydrogens (tertiary/aromatic N) is 3. The van der Waals surface area contributed by atoms with E-state index in [0.717, 1.165) is 23.5 Å². The van der Waals surface area contributed by atoms with E-state index in [-0.39, 0.29) is 36.3 Å². The summed E-state index contributed by atoms with van der Waals surface area (Å²) >= 11 is 0. The summed E-state index contributed by atoms with van der Waals surface area (Å²) in [6.45, 7) is 8.50. The third-order valence-electron chi connectivity index (χ3n) is 3.54. The first-order valence-electron chi connectivity index (χ1n) is 8.01. The average molecular weight is 487 g/mol. The molecule has 0 unspecified atom stereocenters. The summed E-state index contributed by atoms with van der Waals surface area (Å²) in [4.78, 5) is 4.57. The molecule has 0 saturated heterocycles. The molecule has 1 rings (SSSR count). The Hall–Kier alpha value is -0.880. The van der Waals surface area contributed by atoms with Gasteiger partial charge >= 0.3 is 0 Å². The van der Waals surface area contributed by atoms with Crippen LogP contribution in [-0.4, -0.2) is 62.5 Å². The molecule has 1 heterocycles. The molecule has 0 aliphatic carbocycles. The lowest BCUT2D eigenvalue weighted by molar-refractivity contribution is 0.154. The molecular weight excluding hydrogens is 457 g/mol. The molecule has 0 aromatic carbocycles. The van der Waals surface area contributed by atoms with Crippen LogP contribution in [0.25, 0.3) is 0 Å². The highest BCUT2D eigenvalue weighted by molar-refractivity contribution is 14.0. The number of hydrogen-bond acceptors (Lipinski definition) is 5. The quantitative estimate of drug-likeness (QED) is 0.231. The Morgan fingerprint density at radius 3 is 2.48 bits per heavy atom. The zero-order valence-electron chi connectivity index (χ0n) is 15.6. The Morgan fingerprint density at radius 1 is 1.28 bits per heavy atom. The van der Waals surface area contributed by atoms with Gasteiger partial charge < -0.3 is 15.4 Å². The molecule has 1 aromatic rings. The van der Waals surface area contributed by atoms with Gasteiger partial charge in [0.25, 0.3) is 0 Å². The number of aliphatic imine (C=N–C) groups is 1. The largest absolute Gasteiger partial charge is 0.379 e. The van der Waals surface area contributed by atoms with Crippen LogP contribution in [-0.2, 0) is 28.2 Å². The highest BCUT2D eigenvalue weighted by Gasteiger charge is 2.09. The maximum atomic E-state index is 11.0. The van der Waals surface area contributed by atoms with Gasteiger partial charge in [0, 0.05) is 37.7 Å². The molecule has 0 radical (unpaired) electrons. The molecule has 1 aromatic heterocycles. The van der Waals surface area contributed by atoms with Crippen molar-refractivity contribution in [3.05, 3.63) is 17.0 Å². The number of hydrogen-bond donors (Lipinski definition) is 2. The fourth-order valence-corrected chi connectivity index (χ4v) is 2.52. The maximum Gasteiger partial charge on any atom is 0.191 e. The van der Waals surface area contributed by atoms with E-state index in [4.69, 9.17) is 4.74 Å². The van der Waals surface area contributed by atoms with Crippen LogP contribution in [0.1, 0.15) is 23.9 Å². The highest BCUT2D eigenvalue weighted by atomic mass is 127. The van der Waals surface area contributed by atoms with Crippen molar-refractivity contribution in [3.8, 4) is 0 Å². The second-order valence-corrected chi connectivity index (χ2v) is 7.90. The standard InChI is InChI=1S/C15H29N5O3S.HI/c1-6-16-15(17-7-8-23-9-10-24(5,21)22)18-11-14-12(2)19-20(4)13(14)3;/h6-11H2,1-5H3,(H2,16,17,18);1H. The summed E-state index contributed by atoms with van der Waals surface area (Å²) in [6, 6.07) is 0. The average Bonchev–Trinajstić information content (AvgIpc) is 2.72. The number of nitrogens with one attached hydrogen (secondary N) is 2. The lowest BCUT2D eigenvalue weighted by atomic mass is 10.2. The molecule has 0 fully saturated rings. The predicted molar refractivity (Wildman–Crippen MR) is 111 cm³/mol. The van der Waals surface area contributed by atoms with Gasteiger partial charge in [0.2, 0.25) is 0 Å². The third-order valence-corrected chi connectivity index (χ3v) is 4.44. The Kier molecular flexibility index (Phi) is 11.3. The lowest BCUT2D eigenvalue weighted by Crippen LogP contribution is -2.39. The molecule has 0 aliphatic heterocycles. The van der Waals surface area contributed by atoms with Crippen molar-refractivity contribution >= 4 is 39.8 Å². The van der Waals surface area contributed by atoms with E-state index in [0.29, 0.717) is 25.7 Å². The van der Waals surface area contributed by atoms with Crippen molar-refractivity contribution in [1.82, 2.24) is 20.4 Å². The summed E-state index contributed by atoms with van der Waals surface area (Å²) in [6.07, 6.45) is 1.20. The van der Waals surface area contributed by atoms with Crippen molar-refractivity contribution in [2.75, 3.05) is 38.3 Å². The van der Waals surface area contributed by atoms with Crippen LogP contribution < -0.4 is 10.6 Å². The van der Waals surface area contributed by atoms with Gasteiger partial charge in [-0.2, -0.15) is 5.10 Å². The van der Waals surface area contributed by atoms with E-state index in [1.165, 1.54) is 6.26 Å². The van der Waals surface area contributed by atoms with Gasteiger partial charge in [0.1, 0.15) is 9.84 Å². The number of halogens is 1. The fraction of sp³-hybridized carbons (Fsp3) is 0.733. The minimum absolute atomic E-state index is 0. The molecule has 0 aliphatic rings. The first-order chi connectivity index (χ1) is 11.2. The topological polar surface area (TPSA) is 97.6 Å². The second-order valence-electron chi connectivity index (χ2n) is 5.64. The van der Waals surface area contributed by atoms with Crippen LogP contribution in [0.3, 0.4) is 0 Å². The SMILES string of the molecule is CCNC(=NCc1c(C)nn(C)c1C)NCCOCCS(C)(=O)=O.I. The third kappa shape index (κ3) is 9.40. The van der Waals surface area contributed by atoms with Gasteiger partial charge in [-0.15, -0.1) is 24.0 Å². The van der Waals surface area contributed by atoms with Crippen LogP contribution in [0, 0.1) is 13.8 Å². The number of aromatic nitrogens is 2. The summed E-state index contributed by atoms with van der Waals surface area (Å²) in [7, 11) is -1.05. The van der Waals surface area contributed by atoms with Gasteiger partial charge in [0.05, 0.1) is 31.2 Å². The Bertz CT molecular complexity index is 658. The van der Waals surface area contributed by atoms with Crippen LogP contribution in [0.15, 0.2) is 4.99 Å². The number of rotatable bonds is 9. The van der Waals surface area contributed by atoms with E-state index < -0.39 is 9.84 Å². The van der Waals surface area contributed by atoms with E-state index in [9.17, 15) is 8.42 Å². The molecule has 0 bridgehead atoms. The zero-order valence-corrected chi connectivity index (χ0v) is 18.8. The maximum absolute atomic E-state index is 11.0. The number of aryl methyl sites for hydroxylation is 2. The molecule has 146 valence electrons. The van der Waals surface area contributed by atoms with Gasteiger partial charge in [-0.25, -0.2) is 13.4 Å². The highest BCUT2D eigenvalue weighted by Crippen LogP contribution is 2.12. The van der Waals surface area contributed by atoms with Crippen LogP contribution in [0.4, 0.5) is 0 Å². The Balaban J connectivity index is 0.00000576. The minimum Gasteiger partial charge on any atom is -0.379 e. The summed E-state index contributed by atoms with van der Waals surface area (Å²) < 4.78 is 29.2. The van der Waals surface area contributed by atoms with Gasteiger partial charge in [-0.1, -0.05) is 0 Å². The molecule has 8 nitrogen and oxygen atoms in total. The molecule has 0 atom stereocenters.